The minimum Gasteiger partial charge on any atom is -0.327 e. The summed E-state index contributed by atoms with van der Waals surface area (Å²) in [6.07, 6.45) is 3.10. The van der Waals surface area contributed by atoms with Crippen molar-refractivity contribution in [1.29, 1.82) is 0 Å². The Morgan fingerprint density at radius 2 is 1.93 bits per heavy atom. The zero-order chi connectivity index (χ0) is 10.8. The SMILES string of the molecule is NC1CCCC1S(=O)c1ccc(Br)cc1. The lowest BCUT2D eigenvalue weighted by molar-refractivity contribution is 0.649. The lowest BCUT2D eigenvalue weighted by atomic mass is 10.3. The minimum absolute atomic E-state index is 0.106. The molecule has 3 unspecified atom stereocenters. The molecule has 0 bridgehead atoms. The first-order valence-electron chi connectivity index (χ1n) is 5.10. The molecule has 2 nitrogen and oxygen atoms in total. The monoisotopic (exact) mass is 287 g/mol. The van der Waals surface area contributed by atoms with Crippen LogP contribution in [0.25, 0.3) is 0 Å². The molecule has 1 aromatic rings. The second-order valence-electron chi connectivity index (χ2n) is 3.88. The average molecular weight is 288 g/mol. The Kier molecular flexibility index (Phi) is 3.59. The molecule has 15 heavy (non-hydrogen) atoms. The Hall–Kier alpha value is -0.190. The van der Waals surface area contributed by atoms with Gasteiger partial charge in [-0.1, -0.05) is 22.4 Å². The topological polar surface area (TPSA) is 43.1 Å². The van der Waals surface area contributed by atoms with Crippen LogP contribution in [-0.2, 0) is 10.8 Å². The smallest absolute Gasteiger partial charge is 0.0576 e. The first-order chi connectivity index (χ1) is 7.18. The van der Waals surface area contributed by atoms with Crippen molar-refractivity contribution in [3.63, 3.8) is 0 Å². The molecule has 1 aliphatic carbocycles. The van der Waals surface area contributed by atoms with Crippen molar-refractivity contribution in [3.8, 4) is 0 Å². The minimum atomic E-state index is -0.943. The molecule has 0 saturated heterocycles. The Bertz CT molecular complexity index is 365. The van der Waals surface area contributed by atoms with Gasteiger partial charge in [0.25, 0.3) is 0 Å². The molecule has 2 rings (SSSR count). The second-order valence-corrected chi connectivity index (χ2v) is 6.47. The largest absolute Gasteiger partial charge is 0.327 e. The maximum atomic E-state index is 12.2. The maximum Gasteiger partial charge on any atom is 0.0576 e. The van der Waals surface area contributed by atoms with Gasteiger partial charge in [0.05, 0.1) is 16.0 Å². The number of hydrogen-bond donors (Lipinski definition) is 1. The molecule has 0 heterocycles. The molecule has 0 spiro atoms. The van der Waals surface area contributed by atoms with E-state index in [1.807, 2.05) is 24.3 Å². The van der Waals surface area contributed by atoms with E-state index in [0.29, 0.717) is 0 Å². The van der Waals surface area contributed by atoms with E-state index in [9.17, 15) is 4.21 Å². The zero-order valence-electron chi connectivity index (χ0n) is 8.36. The van der Waals surface area contributed by atoms with E-state index in [1.165, 1.54) is 0 Å². The van der Waals surface area contributed by atoms with Crippen LogP contribution in [0.4, 0.5) is 0 Å². The third-order valence-electron chi connectivity index (χ3n) is 2.82. The van der Waals surface area contributed by atoms with Crippen molar-refractivity contribution >= 4 is 26.7 Å². The highest BCUT2D eigenvalue weighted by Gasteiger charge is 2.29. The van der Waals surface area contributed by atoms with E-state index >= 15 is 0 Å². The van der Waals surface area contributed by atoms with Crippen LogP contribution in [0, 0.1) is 0 Å². The van der Waals surface area contributed by atoms with Gasteiger partial charge in [0.15, 0.2) is 0 Å². The molecule has 3 atom stereocenters. The Morgan fingerprint density at radius 1 is 1.27 bits per heavy atom. The molecule has 4 heteroatoms. The van der Waals surface area contributed by atoms with Gasteiger partial charge >= 0.3 is 0 Å². The van der Waals surface area contributed by atoms with Crippen molar-refractivity contribution in [2.75, 3.05) is 0 Å². The van der Waals surface area contributed by atoms with Crippen molar-refractivity contribution in [2.24, 2.45) is 5.73 Å². The van der Waals surface area contributed by atoms with Crippen LogP contribution < -0.4 is 5.73 Å². The molecule has 82 valence electrons. The molecular weight excluding hydrogens is 274 g/mol. The first-order valence-corrected chi connectivity index (χ1v) is 7.11. The van der Waals surface area contributed by atoms with Crippen LogP contribution in [0.2, 0.25) is 0 Å². The van der Waals surface area contributed by atoms with E-state index in [-0.39, 0.29) is 11.3 Å². The number of halogens is 1. The van der Waals surface area contributed by atoms with Gasteiger partial charge < -0.3 is 5.73 Å². The molecule has 0 aliphatic heterocycles. The van der Waals surface area contributed by atoms with Crippen molar-refractivity contribution in [1.82, 2.24) is 0 Å². The van der Waals surface area contributed by atoms with Gasteiger partial charge in [0.2, 0.25) is 0 Å². The molecule has 1 saturated carbocycles. The molecule has 0 radical (unpaired) electrons. The molecule has 1 fully saturated rings. The maximum absolute atomic E-state index is 12.2. The van der Waals surface area contributed by atoms with Crippen LogP contribution in [0.3, 0.4) is 0 Å². The van der Waals surface area contributed by atoms with E-state index in [0.717, 1.165) is 28.6 Å². The Labute approximate surface area is 101 Å². The summed E-state index contributed by atoms with van der Waals surface area (Å²) >= 11 is 3.37. The summed E-state index contributed by atoms with van der Waals surface area (Å²) < 4.78 is 13.2. The van der Waals surface area contributed by atoms with Crippen LogP contribution in [0.1, 0.15) is 19.3 Å². The Morgan fingerprint density at radius 3 is 2.47 bits per heavy atom. The van der Waals surface area contributed by atoms with E-state index in [4.69, 9.17) is 5.73 Å². The summed E-state index contributed by atoms with van der Waals surface area (Å²) in [6, 6.07) is 7.77. The van der Waals surface area contributed by atoms with Crippen molar-refractivity contribution in [2.45, 2.75) is 35.4 Å². The third kappa shape index (κ3) is 2.49. The third-order valence-corrected chi connectivity index (χ3v) is 5.23. The molecule has 1 aliphatic rings. The fourth-order valence-electron chi connectivity index (χ4n) is 1.96. The first kappa shape index (κ1) is 11.3. The zero-order valence-corrected chi connectivity index (χ0v) is 10.8. The number of hydrogen-bond acceptors (Lipinski definition) is 2. The molecule has 0 amide bonds. The fraction of sp³-hybridized carbons (Fsp3) is 0.455. The van der Waals surface area contributed by atoms with E-state index in [2.05, 4.69) is 15.9 Å². The van der Waals surface area contributed by atoms with E-state index < -0.39 is 10.8 Å². The van der Waals surface area contributed by atoms with Gasteiger partial charge in [-0.05, 0) is 37.1 Å². The summed E-state index contributed by atoms with van der Waals surface area (Å²) in [5, 5.41) is 0.145. The second kappa shape index (κ2) is 4.76. The summed E-state index contributed by atoms with van der Waals surface area (Å²) in [5.74, 6) is 0. The summed E-state index contributed by atoms with van der Waals surface area (Å²) in [7, 11) is -0.943. The highest BCUT2D eigenvalue weighted by atomic mass is 79.9. The molecular formula is C11H14BrNOS. The number of nitrogens with two attached hydrogens (primary N) is 1. The fourth-order valence-corrected chi connectivity index (χ4v) is 3.82. The normalized spacial score (nSPS) is 27.9. The molecule has 0 aromatic heterocycles. The van der Waals surface area contributed by atoms with Gasteiger partial charge in [0.1, 0.15) is 0 Å². The summed E-state index contributed by atoms with van der Waals surface area (Å²) in [5.41, 5.74) is 5.94. The van der Waals surface area contributed by atoms with Crippen LogP contribution >= 0.6 is 15.9 Å². The Balaban J connectivity index is 2.17. The van der Waals surface area contributed by atoms with Crippen molar-refractivity contribution in [3.05, 3.63) is 28.7 Å². The number of benzene rings is 1. The van der Waals surface area contributed by atoms with Gasteiger partial charge in [-0.2, -0.15) is 0 Å². The van der Waals surface area contributed by atoms with Gasteiger partial charge in [-0.3, -0.25) is 4.21 Å². The molecule has 2 N–H and O–H groups in total. The number of rotatable bonds is 2. The standard InChI is InChI=1S/C11H14BrNOS/c12-8-4-6-9(7-5-8)15(14)11-3-1-2-10(11)13/h4-7,10-11H,1-3,13H2. The quantitative estimate of drug-likeness (QED) is 0.908. The van der Waals surface area contributed by atoms with Gasteiger partial charge in [-0.25, -0.2) is 0 Å². The highest BCUT2D eigenvalue weighted by Crippen LogP contribution is 2.26. The average Bonchev–Trinajstić information content (AvgIpc) is 2.65. The van der Waals surface area contributed by atoms with Crippen LogP contribution in [-0.4, -0.2) is 15.5 Å². The predicted octanol–water partition coefficient (Wildman–Crippen LogP) is 2.44. The lowest BCUT2D eigenvalue weighted by Gasteiger charge is -2.14. The van der Waals surface area contributed by atoms with Crippen LogP contribution in [0.5, 0.6) is 0 Å². The predicted molar refractivity (Wildman–Crippen MR) is 66.2 cm³/mol. The summed E-state index contributed by atoms with van der Waals surface area (Å²) in [6.45, 7) is 0. The molecule has 1 aromatic carbocycles. The van der Waals surface area contributed by atoms with Crippen molar-refractivity contribution < 1.29 is 4.21 Å². The highest BCUT2D eigenvalue weighted by molar-refractivity contribution is 9.10. The van der Waals surface area contributed by atoms with Gasteiger partial charge in [0, 0.05) is 15.4 Å². The summed E-state index contributed by atoms with van der Waals surface area (Å²) in [4.78, 5) is 0.889. The van der Waals surface area contributed by atoms with Crippen LogP contribution in [0.15, 0.2) is 33.6 Å². The van der Waals surface area contributed by atoms with Gasteiger partial charge in [-0.15, -0.1) is 0 Å². The lowest BCUT2D eigenvalue weighted by Crippen LogP contribution is -2.32. The van der Waals surface area contributed by atoms with E-state index in [1.54, 1.807) is 0 Å².